The van der Waals surface area contributed by atoms with E-state index >= 15 is 0 Å². The lowest BCUT2D eigenvalue weighted by Crippen LogP contribution is -2.34. The second-order valence-corrected chi connectivity index (χ2v) is 7.43. The Hall–Kier alpha value is -0.490. The van der Waals surface area contributed by atoms with E-state index in [9.17, 15) is 8.42 Å². The van der Waals surface area contributed by atoms with Gasteiger partial charge in [-0.25, -0.2) is 8.42 Å². The van der Waals surface area contributed by atoms with Crippen LogP contribution >= 0.6 is 23.2 Å². The maximum atomic E-state index is 12.6. The largest absolute Gasteiger partial charge is 0.396 e. The molecule has 114 valence electrons. The number of hydrogen-bond donors (Lipinski definition) is 1. The Kier molecular flexibility index (Phi) is 6.13. The summed E-state index contributed by atoms with van der Waals surface area (Å²) in [5, 5.41) is 0.235. The normalized spacial score (nSPS) is 13.7. The SMILES string of the molecule is CCC(C)CN(CC)S(=O)(=O)c1ccc(Cl)c(N)c1Cl. The van der Waals surface area contributed by atoms with Crippen molar-refractivity contribution in [1.29, 1.82) is 0 Å². The van der Waals surface area contributed by atoms with Crippen LogP contribution in [0.1, 0.15) is 27.2 Å². The molecule has 1 aromatic rings. The lowest BCUT2D eigenvalue weighted by atomic mass is 10.1. The van der Waals surface area contributed by atoms with E-state index in [1.54, 1.807) is 6.92 Å². The zero-order valence-electron chi connectivity index (χ0n) is 11.9. The maximum Gasteiger partial charge on any atom is 0.244 e. The van der Waals surface area contributed by atoms with Gasteiger partial charge in [0, 0.05) is 13.1 Å². The summed E-state index contributed by atoms with van der Waals surface area (Å²) in [7, 11) is -3.66. The van der Waals surface area contributed by atoms with E-state index < -0.39 is 10.0 Å². The van der Waals surface area contributed by atoms with Gasteiger partial charge < -0.3 is 5.73 Å². The molecule has 20 heavy (non-hydrogen) atoms. The van der Waals surface area contributed by atoms with Crippen LogP contribution in [0.15, 0.2) is 17.0 Å². The average molecular weight is 339 g/mol. The average Bonchev–Trinajstić information content (AvgIpc) is 2.41. The van der Waals surface area contributed by atoms with E-state index in [0.717, 1.165) is 6.42 Å². The number of nitrogens with zero attached hydrogens (tertiary/aromatic N) is 1. The fourth-order valence-electron chi connectivity index (χ4n) is 1.76. The third-order valence-corrected chi connectivity index (χ3v) is 6.11. The molecular formula is C13H20Cl2N2O2S. The van der Waals surface area contributed by atoms with Crippen LogP contribution in [0.5, 0.6) is 0 Å². The van der Waals surface area contributed by atoms with Gasteiger partial charge in [-0.15, -0.1) is 0 Å². The predicted molar refractivity (Wildman–Crippen MR) is 84.8 cm³/mol. The van der Waals surface area contributed by atoms with Crippen molar-refractivity contribution in [1.82, 2.24) is 4.31 Å². The van der Waals surface area contributed by atoms with Gasteiger partial charge in [-0.2, -0.15) is 4.31 Å². The number of rotatable bonds is 6. The first-order valence-electron chi connectivity index (χ1n) is 6.49. The van der Waals surface area contributed by atoms with Crippen LogP contribution in [0.2, 0.25) is 10.0 Å². The van der Waals surface area contributed by atoms with Gasteiger partial charge in [0.1, 0.15) is 4.90 Å². The Morgan fingerprint density at radius 1 is 1.30 bits per heavy atom. The van der Waals surface area contributed by atoms with Crippen LogP contribution in [0.25, 0.3) is 0 Å². The molecule has 7 heteroatoms. The van der Waals surface area contributed by atoms with E-state index in [0.29, 0.717) is 13.1 Å². The third kappa shape index (κ3) is 3.58. The fourth-order valence-corrected chi connectivity index (χ4v) is 4.07. The molecule has 0 saturated carbocycles. The molecule has 0 radical (unpaired) electrons. The summed E-state index contributed by atoms with van der Waals surface area (Å²) in [6, 6.07) is 2.85. The number of sulfonamides is 1. The molecule has 0 amide bonds. The van der Waals surface area contributed by atoms with Crippen LogP contribution in [0.3, 0.4) is 0 Å². The summed E-state index contributed by atoms with van der Waals surface area (Å²) in [6.07, 6.45) is 0.905. The molecule has 4 nitrogen and oxygen atoms in total. The van der Waals surface area contributed by atoms with E-state index in [1.807, 2.05) is 13.8 Å². The Labute approximate surface area is 130 Å². The second kappa shape index (κ2) is 6.98. The molecule has 0 spiro atoms. The molecule has 0 bridgehead atoms. The van der Waals surface area contributed by atoms with Crippen LogP contribution in [0, 0.1) is 5.92 Å². The highest BCUT2D eigenvalue weighted by molar-refractivity contribution is 7.89. The van der Waals surface area contributed by atoms with Crippen molar-refractivity contribution in [2.75, 3.05) is 18.8 Å². The van der Waals surface area contributed by atoms with Gasteiger partial charge in [0.2, 0.25) is 10.0 Å². The highest BCUT2D eigenvalue weighted by Gasteiger charge is 2.27. The summed E-state index contributed by atoms with van der Waals surface area (Å²) in [5.74, 6) is 0.271. The van der Waals surface area contributed by atoms with E-state index in [4.69, 9.17) is 28.9 Å². The van der Waals surface area contributed by atoms with Crippen molar-refractivity contribution >= 4 is 38.9 Å². The van der Waals surface area contributed by atoms with E-state index in [2.05, 4.69) is 0 Å². The van der Waals surface area contributed by atoms with Crippen LogP contribution in [-0.2, 0) is 10.0 Å². The zero-order chi connectivity index (χ0) is 15.5. The lowest BCUT2D eigenvalue weighted by Gasteiger charge is -2.24. The first-order valence-corrected chi connectivity index (χ1v) is 8.68. The molecule has 1 unspecified atom stereocenters. The van der Waals surface area contributed by atoms with Crippen LogP contribution in [-0.4, -0.2) is 25.8 Å². The smallest absolute Gasteiger partial charge is 0.244 e. The van der Waals surface area contributed by atoms with Crippen molar-refractivity contribution in [2.24, 2.45) is 5.92 Å². The minimum absolute atomic E-state index is 0.00576. The van der Waals surface area contributed by atoms with Gasteiger partial charge in [-0.3, -0.25) is 0 Å². The molecule has 1 atom stereocenters. The Morgan fingerprint density at radius 3 is 2.40 bits per heavy atom. The zero-order valence-corrected chi connectivity index (χ0v) is 14.2. The molecule has 0 fully saturated rings. The van der Waals surface area contributed by atoms with E-state index in [1.165, 1.54) is 16.4 Å². The summed E-state index contributed by atoms with van der Waals surface area (Å²) >= 11 is 11.9. The predicted octanol–water partition coefficient (Wildman–Crippen LogP) is 3.63. The van der Waals surface area contributed by atoms with Gasteiger partial charge in [-0.05, 0) is 18.1 Å². The van der Waals surface area contributed by atoms with Crippen molar-refractivity contribution < 1.29 is 8.42 Å². The Balaban J connectivity index is 3.24. The number of anilines is 1. The van der Waals surface area contributed by atoms with Gasteiger partial charge in [-0.1, -0.05) is 50.4 Å². The quantitative estimate of drug-likeness (QED) is 0.805. The maximum absolute atomic E-state index is 12.6. The van der Waals surface area contributed by atoms with Crippen molar-refractivity contribution in [3.63, 3.8) is 0 Å². The number of hydrogen-bond acceptors (Lipinski definition) is 3. The highest BCUT2D eigenvalue weighted by atomic mass is 35.5. The van der Waals surface area contributed by atoms with Gasteiger partial charge in [0.05, 0.1) is 15.7 Å². The number of nitrogen functional groups attached to an aromatic ring is 1. The molecule has 0 saturated heterocycles. The third-order valence-electron chi connectivity index (χ3n) is 3.27. The van der Waals surface area contributed by atoms with Gasteiger partial charge >= 0.3 is 0 Å². The lowest BCUT2D eigenvalue weighted by molar-refractivity contribution is 0.361. The molecule has 1 rings (SSSR count). The molecular weight excluding hydrogens is 319 g/mol. The molecule has 2 N–H and O–H groups in total. The summed E-state index contributed by atoms with van der Waals surface area (Å²) in [5.41, 5.74) is 5.79. The van der Waals surface area contributed by atoms with Crippen LogP contribution < -0.4 is 5.73 Å². The Bertz CT molecular complexity index is 576. The summed E-state index contributed by atoms with van der Waals surface area (Å²) in [6.45, 7) is 6.67. The molecule has 1 aromatic carbocycles. The molecule has 0 aliphatic carbocycles. The highest BCUT2D eigenvalue weighted by Crippen LogP contribution is 2.34. The fraction of sp³-hybridized carbons (Fsp3) is 0.538. The van der Waals surface area contributed by atoms with E-state index in [-0.39, 0.29) is 26.5 Å². The molecule has 0 heterocycles. The van der Waals surface area contributed by atoms with Crippen molar-refractivity contribution in [2.45, 2.75) is 32.1 Å². The monoisotopic (exact) mass is 338 g/mol. The first-order chi connectivity index (χ1) is 9.25. The summed E-state index contributed by atoms with van der Waals surface area (Å²) in [4.78, 5) is 0.00576. The first kappa shape index (κ1) is 17.6. The minimum atomic E-state index is -3.66. The van der Waals surface area contributed by atoms with Gasteiger partial charge in [0.15, 0.2) is 0 Å². The molecule has 0 aliphatic rings. The number of nitrogens with two attached hydrogens (primary N) is 1. The van der Waals surface area contributed by atoms with Crippen molar-refractivity contribution in [3.8, 4) is 0 Å². The standard InChI is InChI=1S/C13H20Cl2N2O2S/c1-4-9(3)8-17(5-2)20(18,19)11-7-6-10(14)13(16)12(11)15/h6-7,9H,4-5,8,16H2,1-3H3. The topological polar surface area (TPSA) is 63.4 Å². The Morgan fingerprint density at radius 2 is 1.90 bits per heavy atom. The van der Waals surface area contributed by atoms with Crippen molar-refractivity contribution in [3.05, 3.63) is 22.2 Å². The number of benzene rings is 1. The summed E-state index contributed by atoms with van der Waals surface area (Å²) < 4.78 is 26.7. The molecule has 0 aliphatic heterocycles. The van der Waals surface area contributed by atoms with Gasteiger partial charge in [0.25, 0.3) is 0 Å². The number of halogens is 2. The van der Waals surface area contributed by atoms with Crippen LogP contribution in [0.4, 0.5) is 5.69 Å². The minimum Gasteiger partial charge on any atom is -0.396 e. The molecule has 0 aromatic heterocycles. The second-order valence-electron chi connectivity index (χ2n) is 4.74.